The highest BCUT2D eigenvalue weighted by Crippen LogP contribution is 2.25. The number of nitrogens with zero attached hydrogens (tertiary/aromatic N) is 1. The quantitative estimate of drug-likeness (QED) is 0.747. The second-order valence-corrected chi connectivity index (χ2v) is 5.94. The first-order valence-corrected chi connectivity index (χ1v) is 7.98. The summed E-state index contributed by atoms with van der Waals surface area (Å²) in [7, 11) is 0. The van der Waals surface area contributed by atoms with Gasteiger partial charge >= 0.3 is 11.7 Å². The Bertz CT molecular complexity index is 851. The molecule has 24 heavy (non-hydrogen) atoms. The zero-order valence-electron chi connectivity index (χ0n) is 13.2. The molecule has 3 N–H and O–H groups in total. The van der Waals surface area contributed by atoms with E-state index >= 15 is 0 Å². The molecule has 1 aromatic heterocycles. The van der Waals surface area contributed by atoms with Crippen LogP contribution in [0.3, 0.4) is 0 Å². The van der Waals surface area contributed by atoms with Crippen LogP contribution in [-0.2, 0) is 24.2 Å². The number of hydrogen-bond donors (Lipinski definition) is 3. The first kappa shape index (κ1) is 16.0. The summed E-state index contributed by atoms with van der Waals surface area (Å²) in [4.78, 5) is 37.2. The molecule has 0 fully saturated rings. The number of aliphatic carboxylic acids is 1. The Kier molecular flexibility index (Phi) is 4.50. The fraction of sp³-hybridized carbons (Fsp3) is 0.353. The normalized spacial score (nSPS) is 12.8. The van der Waals surface area contributed by atoms with Gasteiger partial charge in [-0.3, -0.25) is 19.1 Å². The van der Waals surface area contributed by atoms with Gasteiger partial charge in [0.1, 0.15) is 5.82 Å². The van der Waals surface area contributed by atoms with Gasteiger partial charge in [-0.15, -0.1) is 0 Å². The van der Waals surface area contributed by atoms with Crippen LogP contribution in [0.4, 0.5) is 11.5 Å². The van der Waals surface area contributed by atoms with E-state index in [1.807, 2.05) is 12.1 Å². The maximum Gasteiger partial charge on any atom is 0.329 e. The zero-order chi connectivity index (χ0) is 17.1. The van der Waals surface area contributed by atoms with Crippen molar-refractivity contribution < 1.29 is 9.90 Å². The van der Waals surface area contributed by atoms with Gasteiger partial charge < -0.3 is 10.4 Å². The summed E-state index contributed by atoms with van der Waals surface area (Å²) in [6.45, 7) is 0.0829. The SMILES string of the molecule is O=C(O)CCCn1c(=O)cc(Nc2ccc3c(c2)CCC3)[nH]c1=O. The number of aryl methyl sites for hydroxylation is 2. The Labute approximate surface area is 138 Å². The van der Waals surface area contributed by atoms with Crippen molar-refractivity contribution in [3.63, 3.8) is 0 Å². The fourth-order valence-electron chi connectivity index (χ4n) is 2.99. The average molecular weight is 329 g/mol. The summed E-state index contributed by atoms with van der Waals surface area (Å²) < 4.78 is 1.01. The fourth-order valence-corrected chi connectivity index (χ4v) is 2.99. The number of fused-ring (bicyclic) bond motifs is 1. The van der Waals surface area contributed by atoms with Crippen LogP contribution < -0.4 is 16.6 Å². The minimum Gasteiger partial charge on any atom is -0.481 e. The van der Waals surface area contributed by atoms with Gasteiger partial charge in [-0.05, 0) is 48.9 Å². The van der Waals surface area contributed by atoms with Crippen molar-refractivity contribution in [2.45, 2.75) is 38.6 Å². The molecule has 1 aliphatic carbocycles. The van der Waals surface area contributed by atoms with Crippen molar-refractivity contribution in [1.29, 1.82) is 0 Å². The van der Waals surface area contributed by atoms with Crippen LogP contribution >= 0.6 is 0 Å². The topological polar surface area (TPSA) is 104 Å². The number of hydrogen-bond acceptors (Lipinski definition) is 4. The van der Waals surface area contributed by atoms with Gasteiger partial charge in [0.2, 0.25) is 0 Å². The summed E-state index contributed by atoms with van der Waals surface area (Å²) in [5.41, 5.74) is 2.48. The molecule has 0 atom stereocenters. The summed E-state index contributed by atoms with van der Waals surface area (Å²) in [6, 6.07) is 7.35. The lowest BCUT2D eigenvalue weighted by molar-refractivity contribution is -0.137. The smallest absolute Gasteiger partial charge is 0.329 e. The summed E-state index contributed by atoms with van der Waals surface area (Å²) in [5, 5.41) is 11.7. The Morgan fingerprint density at radius 2 is 2.00 bits per heavy atom. The monoisotopic (exact) mass is 329 g/mol. The first-order chi connectivity index (χ1) is 11.5. The van der Waals surface area contributed by atoms with Gasteiger partial charge in [-0.2, -0.15) is 0 Å². The van der Waals surface area contributed by atoms with E-state index < -0.39 is 17.2 Å². The number of benzene rings is 1. The number of anilines is 2. The third-order valence-corrected chi connectivity index (χ3v) is 4.17. The molecule has 0 bridgehead atoms. The van der Waals surface area contributed by atoms with Crippen LogP contribution in [0.1, 0.15) is 30.4 Å². The maximum absolute atomic E-state index is 12.1. The summed E-state index contributed by atoms with van der Waals surface area (Å²) >= 11 is 0. The van der Waals surface area contributed by atoms with E-state index in [0.717, 1.165) is 29.5 Å². The lowest BCUT2D eigenvalue weighted by Gasteiger charge is -2.10. The van der Waals surface area contributed by atoms with Crippen molar-refractivity contribution >= 4 is 17.5 Å². The van der Waals surface area contributed by atoms with Crippen LogP contribution in [-0.4, -0.2) is 20.6 Å². The van der Waals surface area contributed by atoms with Crippen molar-refractivity contribution in [2.75, 3.05) is 5.32 Å². The molecule has 0 saturated carbocycles. The number of carboxylic acid groups (broad SMARTS) is 1. The minimum absolute atomic E-state index is 0.0823. The number of carbonyl (C=O) groups is 1. The number of rotatable bonds is 6. The van der Waals surface area contributed by atoms with Crippen LogP contribution in [0.2, 0.25) is 0 Å². The third kappa shape index (κ3) is 3.56. The molecular formula is C17H19N3O4. The molecule has 0 spiro atoms. The van der Waals surface area contributed by atoms with Crippen LogP contribution in [0, 0.1) is 0 Å². The molecule has 0 aliphatic heterocycles. The van der Waals surface area contributed by atoms with E-state index in [9.17, 15) is 14.4 Å². The summed E-state index contributed by atoms with van der Waals surface area (Å²) in [6.07, 6.45) is 3.45. The highest BCUT2D eigenvalue weighted by molar-refractivity contribution is 5.66. The van der Waals surface area contributed by atoms with Crippen LogP contribution in [0.5, 0.6) is 0 Å². The number of aromatic nitrogens is 2. The predicted molar refractivity (Wildman–Crippen MR) is 89.9 cm³/mol. The molecule has 3 rings (SSSR count). The molecule has 0 unspecified atom stereocenters. The highest BCUT2D eigenvalue weighted by Gasteiger charge is 2.11. The van der Waals surface area contributed by atoms with Gasteiger partial charge in [0.15, 0.2) is 0 Å². The molecule has 0 amide bonds. The molecule has 0 saturated heterocycles. The molecule has 7 heteroatoms. The average Bonchev–Trinajstić information content (AvgIpc) is 2.97. The Morgan fingerprint density at radius 1 is 1.21 bits per heavy atom. The molecule has 126 valence electrons. The standard InChI is InChI=1S/C17H19N3O4/c21-15-10-14(19-17(24)20(15)8-2-5-16(22)23)18-13-7-6-11-3-1-4-12(11)9-13/h6-7,9-10,18H,1-5,8H2,(H,19,24)(H,22,23). The van der Waals surface area contributed by atoms with Gasteiger partial charge in [0, 0.05) is 24.7 Å². The molecule has 0 radical (unpaired) electrons. The lowest BCUT2D eigenvalue weighted by atomic mass is 10.1. The van der Waals surface area contributed by atoms with Crippen molar-refractivity contribution in [3.05, 3.63) is 56.2 Å². The van der Waals surface area contributed by atoms with Gasteiger partial charge in [-0.1, -0.05) is 6.07 Å². The largest absolute Gasteiger partial charge is 0.481 e. The van der Waals surface area contributed by atoms with Crippen molar-refractivity contribution in [3.8, 4) is 0 Å². The van der Waals surface area contributed by atoms with E-state index in [1.165, 1.54) is 17.2 Å². The van der Waals surface area contributed by atoms with Gasteiger partial charge in [0.05, 0.1) is 0 Å². The number of carboxylic acids is 1. The molecule has 1 aromatic carbocycles. The van der Waals surface area contributed by atoms with E-state index in [2.05, 4.69) is 16.4 Å². The first-order valence-electron chi connectivity index (χ1n) is 7.98. The lowest BCUT2D eigenvalue weighted by Crippen LogP contribution is -2.35. The van der Waals surface area contributed by atoms with E-state index in [1.54, 1.807) is 0 Å². The predicted octanol–water partition coefficient (Wildman–Crippen LogP) is 1.63. The van der Waals surface area contributed by atoms with Crippen molar-refractivity contribution in [1.82, 2.24) is 9.55 Å². The van der Waals surface area contributed by atoms with Gasteiger partial charge in [-0.25, -0.2) is 4.79 Å². The van der Waals surface area contributed by atoms with Gasteiger partial charge in [0.25, 0.3) is 5.56 Å². The highest BCUT2D eigenvalue weighted by atomic mass is 16.4. The molecule has 1 heterocycles. The number of nitrogens with one attached hydrogen (secondary N) is 2. The number of H-pyrrole nitrogens is 1. The molecule has 2 aromatic rings. The second-order valence-electron chi connectivity index (χ2n) is 5.94. The third-order valence-electron chi connectivity index (χ3n) is 4.17. The van der Waals surface area contributed by atoms with Crippen LogP contribution in [0.15, 0.2) is 33.9 Å². The molecule has 1 aliphatic rings. The Hall–Kier alpha value is -2.83. The minimum atomic E-state index is -0.950. The van der Waals surface area contributed by atoms with E-state index in [4.69, 9.17) is 5.11 Å². The Balaban J connectivity index is 1.76. The van der Waals surface area contributed by atoms with E-state index in [0.29, 0.717) is 5.82 Å². The Morgan fingerprint density at radius 3 is 2.75 bits per heavy atom. The zero-order valence-corrected chi connectivity index (χ0v) is 13.2. The number of aromatic amines is 1. The summed E-state index contributed by atoms with van der Waals surface area (Å²) in [5.74, 6) is -0.619. The van der Waals surface area contributed by atoms with Crippen molar-refractivity contribution in [2.24, 2.45) is 0 Å². The second kappa shape index (κ2) is 6.74. The molecule has 7 nitrogen and oxygen atoms in total. The van der Waals surface area contributed by atoms with Crippen LogP contribution in [0.25, 0.3) is 0 Å². The van der Waals surface area contributed by atoms with E-state index in [-0.39, 0.29) is 19.4 Å². The molecular weight excluding hydrogens is 310 g/mol. The maximum atomic E-state index is 12.1.